The van der Waals surface area contributed by atoms with Crippen LogP contribution >= 0.6 is 0 Å². The SMILES string of the molecule is CC(C)C1C2CN(Cc3ccc(S(=O)(=O)N4CCOCC4)cc3)CC21. The second-order valence-electron chi connectivity index (χ2n) is 8.00. The van der Waals surface area contributed by atoms with Gasteiger partial charge in [0, 0.05) is 32.7 Å². The standard InChI is InChI=1S/C19H28N2O3S/c1-14(2)19-17-12-20(13-18(17)19)11-15-3-5-16(6-4-15)25(22,23)21-7-9-24-10-8-21/h3-6,14,17-19H,7-13H2,1-2H3. The van der Waals surface area contributed by atoms with Crippen molar-refractivity contribution in [2.75, 3.05) is 39.4 Å². The van der Waals surface area contributed by atoms with Crippen molar-refractivity contribution >= 4 is 10.0 Å². The number of nitrogens with zero attached hydrogens (tertiary/aromatic N) is 2. The number of hydrogen-bond acceptors (Lipinski definition) is 4. The first-order chi connectivity index (χ1) is 12.0. The molecule has 2 unspecified atom stereocenters. The number of benzene rings is 1. The van der Waals surface area contributed by atoms with E-state index < -0.39 is 10.0 Å². The van der Waals surface area contributed by atoms with Crippen LogP contribution in [0.1, 0.15) is 19.4 Å². The molecule has 1 aromatic rings. The lowest BCUT2D eigenvalue weighted by atomic mass is 10.0. The van der Waals surface area contributed by atoms with Gasteiger partial charge in [0.1, 0.15) is 0 Å². The van der Waals surface area contributed by atoms with E-state index >= 15 is 0 Å². The minimum absolute atomic E-state index is 0.391. The number of rotatable bonds is 5. The fourth-order valence-electron chi connectivity index (χ4n) is 4.74. The highest BCUT2D eigenvalue weighted by molar-refractivity contribution is 7.89. The molecule has 1 aromatic carbocycles. The molecule has 6 heteroatoms. The van der Waals surface area contributed by atoms with Crippen molar-refractivity contribution in [3.63, 3.8) is 0 Å². The predicted molar refractivity (Wildman–Crippen MR) is 96.6 cm³/mol. The first-order valence-corrected chi connectivity index (χ1v) is 10.8. The number of ether oxygens (including phenoxy) is 1. The molecule has 3 fully saturated rings. The summed E-state index contributed by atoms with van der Waals surface area (Å²) < 4.78 is 32.1. The van der Waals surface area contributed by atoms with E-state index in [2.05, 4.69) is 18.7 Å². The number of fused-ring (bicyclic) bond motifs is 1. The quantitative estimate of drug-likeness (QED) is 0.802. The van der Waals surface area contributed by atoms with E-state index in [1.165, 1.54) is 23.0 Å². The summed E-state index contributed by atoms with van der Waals surface area (Å²) in [6.45, 7) is 9.83. The second-order valence-corrected chi connectivity index (χ2v) is 9.94. The Kier molecular flexibility index (Phi) is 4.65. The molecule has 138 valence electrons. The molecule has 0 amide bonds. The van der Waals surface area contributed by atoms with Crippen molar-refractivity contribution in [1.29, 1.82) is 0 Å². The summed E-state index contributed by atoms with van der Waals surface area (Å²) in [6, 6.07) is 7.45. The number of piperidine rings is 1. The Morgan fingerprint density at radius 1 is 1.08 bits per heavy atom. The number of hydrogen-bond donors (Lipinski definition) is 0. The molecular formula is C19H28N2O3S. The van der Waals surface area contributed by atoms with Crippen LogP contribution in [0.15, 0.2) is 29.2 Å². The van der Waals surface area contributed by atoms with E-state index in [0.717, 1.165) is 30.2 Å². The van der Waals surface area contributed by atoms with Crippen LogP contribution in [-0.2, 0) is 21.3 Å². The van der Waals surface area contributed by atoms with Crippen LogP contribution in [0.4, 0.5) is 0 Å². The molecule has 5 nitrogen and oxygen atoms in total. The van der Waals surface area contributed by atoms with Gasteiger partial charge in [-0.3, -0.25) is 4.90 Å². The van der Waals surface area contributed by atoms with Crippen molar-refractivity contribution < 1.29 is 13.2 Å². The van der Waals surface area contributed by atoms with E-state index in [0.29, 0.717) is 31.2 Å². The van der Waals surface area contributed by atoms with Gasteiger partial charge in [-0.1, -0.05) is 26.0 Å². The summed E-state index contributed by atoms with van der Waals surface area (Å²) in [5, 5.41) is 0. The van der Waals surface area contributed by atoms with E-state index in [9.17, 15) is 8.42 Å². The summed E-state index contributed by atoms with van der Waals surface area (Å²) in [5.74, 6) is 3.51. The fourth-order valence-corrected chi connectivity index (χ4v) is 6.15. The van der Waals surface area contributed by atoms with E-state index in [1.54, 1.807) is 12.1 Å². The van der Waals surface area contributed by atoms with Crippen LogP contribution in [0.3, 0.4) is 0 Å². The fraction of sp³-hybridized carbons (Fsp3) is 0.684. The summed E-state index contributed by atoms with van der Waals surface area (Å²) >= 11 is 0. The zero-order valence-corrected chi connectivity index (χ0v) is 15.9. The number of morpholine rings is 1. The summed E-state index contributed by atoms with van der Waals surface area (Å²) in [7, 11) is -3.38. The third-order valence-electron chi connectivity index (χ3n) is 6.04. The zero-order chi connectivity index (χ0) is 17.6. The second kappa shape index (κ2) is 6.65. The highest BCUT2D eigenvalue weighted by Crippen LogP contribution is 2.55. The Balaban J connectivity index is 1.36. The maximum atomic E-state index is 12.7. The number of likely N-dealkylation sites (tertiary alicyclic amines) is 1. The molecule has 2 aliphatic heterocycles. The van der Waals surface area contributed by atoms with Gasteiger partial charge in [0.05, 0.1) is 18.1 Å². The van der Waals surface area contributed by atoms with Gasteiger partial charge in [-0.15, -0.1) is 0 Å². The van der Waals surface area contributed by atoms with Crippen molar-refractivity contribution in [2.45, 2.75) is 25.3 Å². The van der Waals surface area contributed by atoms with Crippen molar-refractivity contribution in [3.8, 4) is 0 Å². The molecule has 0 bridgehead atoms. The van der Waals surface area contributed by atoms with E-state index in [4.69, 9.17) is 4.74 Å². The molecule has 0 radical (unpaired) electrons. The summed E-state index contributed by atoms with van der Waals surface area (Å²) in [5.41, 5.74) is 1.20. The lowest BCUT2D eigenvalue weighted by molar-refractivity contribution is 0.0730. The Bertz CT molecular complexity index is 699. The molecule has 0 spiro atoms. The smallest absolute Gasteiger partial charge is 0.243 e. The topological polar surface area (TPSA) is 49.9 Å². The Morgan fingerprint density at radius 3 is 2.24 bits per heavy atom. The molecule has 3 aliphatic rings. The van der Waals surface area contributed by atoms with Crippen LogP contribution in [0.5, 0.6) is 0 Å². The lowest BCUT2D eigenvalue weighted by Gasteiger charge is -2.26. The van der Waals surface area contributed by atoms with Gasteiger partial charge in [0.2, 0.25) is 10.0 Å². The Hall–Kier alpha value is -0.950. The van der Waals surface area contributed by atoms with Crippen LogP contribution in [0, 0.1) is 23.7 Å². The Labute approximate surface area is 151 Å². The molecule has 2 saturated heterocycles. The van der Waals surface area contributed by atoms with E-state index in [1.807, 2.05) is 12.1 Å². The first-order valence-electron chi connectivity index (χ1n) is 9.36. The van der Waals surface area contributed by atoms with Crippen LogP contribution in [-0.4, -0.2) is 57.0 Å². The van der Waals surface area contributed by atoms with Crippen molar-refractivity contribution in [3.05, 3.63) is 29.8 Å². The minimum Gasteiger partial charge on any atom is -0.379 e. The van der Waals surface area contributed by atoms with Crippen molar-refractivity contribution in [2.24, 2.45) is 23.7 Å². The normalized spacial score (nSPS) is 30.6. The summed E-state index contributed by atoms with van der Waals surface area (Å²) in [4.78, 5) is 2.90. The van der Waals surface area contributed by atoms with Gasteiger partial charge in [-0.05, 0) is 41.4 Å². The van der Waals surface area contributed by atoms with Crippen molar-refractivity contribution in [1.82, 2.24) is 9.21 Å². The molecule has 2 heterocycles. The molecule has 2 atom stereocenters. The van der Waals surface area contributed by atoms with Gasteiger partial charge in [0.25, 0.3) is 0 Å². The van der Waals surface area contributed by atoms with Crippen LogP contribution in [0.2, 0.25) is 0 Å². The molecule has 0 aromatic heterocycles. The zero-order valence-electron chi connectivity index (χ0n) is 15.1. The Morgan fingerprint density at radius 2 is 1.68 bits per heavy atom. The molecule has 25 heavy (non-hydrogen) atoms. The first kappa shape index (κ1) is 17.5. The van der Waals surface area contributed by atoms with E-state index in [-0.39, 0.29) is 0 Å². The van der Waals surface area contributed by atoms with Gasteiger partial charge in [-0.2, -0.15) is 4.31 Å². The van der Waals surface area contributed by atoms with Gasteiger partial charge in [-0.25, -0.2) is 8.42 Å². The van der Waals surface area contributed by atoms with Gasteiger partial charge < -0.3 is 4.74 Å². The third-order valence-corrected chi connectivity index (χ3v) is 7.96. The highest BCUT2D eigenvalue weighted by atomic mass is 32.2. The molecule has 1 saturated carbocycles. The average Bonchev–Trinajstić information content (AvgIpc) is 3.13. The van der Waals surface area contributed by atoms with Gasteiger partial charge in [0.15, 0.2) is 0 Å². The van der Waals surface area contributed by atoms with Crippen LogP contribution in [0.25, 0.3) is 0 Å². The minimum atomic E-state index is -3.38. The maximum absolute atomic E-state index is 12.7. The highest BCUT2D eigenvalue weighted by Gasteiger charge is 2.56. The largest absolute Gasteiger partial charge is 0.379 e. The average molecular weight is 365 g/mol. The third kappa shape index (κ3) is 3.37. The molecule has 0 N–H and O–H groups in total. The lowest BCUT2D eigenvalue weighted by Crippen LogP contribution is -2.40. The predicted octanol–water partition coefficient (Wildman–Crippen LogP) is 2.04. The molecule has 4 rings (SSSR count). The van der Waals surface area contributed by atoms with Gasteiger partial charge >= 0.3 is 0 Å². The summed E-state index contributed by atoms with van der Waals surface area (Å²) in [6.07, 6.45) is 0. The maximum Gasteiger partial charge on any atom is 0.243 e. The number of sulfonamides is 1. The monoisotopic (exact) mass is 364 g/mol. The molecule has 1 aliphatic carbocycles. The molecular weight excluding hydrogens is 336 g/mol. The van der Waals surface area contributed by atoms with Crippen LogP contribution < -0.4 is 0 Å².